The summed E-state index contributed by atoms with van der Waals surface area (Å²) in [5, 5.41) is 13.1. The monoisotopic (exact) mass is 399 g/mol. The quantitative estimate of drug-likeness (QED) is 0.769. The van der Waals surface area contributed by atoms with Crippen LogP contribution in [0.5, 0.6) is 5.88 Å². The molecule has 0 saturated carbocycles. The van der Waals surface area contributed by atoms with Gasteiger partial charge in [-0.2, -0.15) is 0 Å². The average molecular weight is 399 g/mol. The Hall–Kier alpha value is -2.84. The van der Waals surface area contributed by atoms with Crippen LogP contribution in [0.15, 0.2) is 18.3 Å². The minimum Gasteiger partial charge on any atom is -0.479 e. The van der Waals surface area contributed by atoms with E-state index in [2.05, 4.69) is 38.1 Å². The van der Waals surface area contributed by atoms with Crippen LogP contribution in [0.1, 0.15) is 30.1 Å². The van der Waals surface area contributed by atoms with Crippen molar-refractivity contribution < 1.29 is 9.53 Å². The van der Waals surface area contributed by atoms with Gasteiger partial charge in [0.15, 0.2) is 11.6 Å². The number of piperidine rings is 1. The number of nitrogens with zero attached hydrogens (tertiary/aromatic N) is 7. The van der Waals surface area contributed by atoms with Crippen LogP contribution in [0.4, 0.5) is 11.6 Å². The van der Waals surface area contributed by atoms with Gasteiger partial charge in [-0.3, -0.25) is 9.48 Å². The average Bonchev–Trinajstić information content (AvgIpc) is 3.15. The molecule has 9 nitrogen and oxygen atoms in total. The third-order valence-electron chi connectivity index (χ3n) is 5.85. The highest BCUT2D eigenvalue weighted by atomic mass is 16.5. The van der Waals surface area contributed by atoms with Crippen LogP contribution in [0.2, 0.25) is 0 Å². The second kappa shape index (κ2) is 8.26. The van der Waals surface area contributed by atoms with Crippen molar-refractivity contribution in [3.63, 3.8) is 0 Å². The Balaban J connectivity index is 1.35. The number of amides is 1. The molecule has 0 N–H and O–H groups in total. The number of aromatic nitrogens is 4. The molecule has 2 aliphatic rings. The summed E-state index contributed by atoms with van der Waals surface area (Å²) in [6.07, 6.45) is 4.13. The van der Waals surface area contributed by atoms with Crippen LogP contribution in [-0.4, -0.2) is 77.2 Å². The van der Waals surface area contributed by atoms with Crippen LogP contribution >= 0.6 is 0 Å². The highest BCUT2D eigenvalue weighted by molar-refractivity contribution is 5.96. The van der Waals surface area contributed by atoms with E-state index < -0.39 is 0 Å². The largest absolute Gasteiger partial charge is 0.479 e. The lowest BCUT2D eigenvalue weighted by molar-refractivity contribution is 0.0743. The molecule has 0 spiro atoms. The van der Waals surface area contributed by atoms with Crippen LogP contribution < -0.4 is 14.5 Å². The molecule has 2 saturated heterocycles. The first-order valence-electron chi connectivity index (χ1n) is 10.3. The standard InChI is InChI=1S/C20H29N7O2/c1-15-6-8-25(9-7-15)17-4-5-18(22-21-17)26-10-12-27(13-11-26)20(28)16-14-24(2)23-19(16)29-3/h4-5,14-15H,6-13H2,1-3H3. The fourth-order valence-electron chi connectivity index (χ4n) is 3.97. The number of hydrogen-bond donors (Lipinski definition) is 0. The molecule has 0 bridgehead atoms. The Bertz CT molecular complexity index is 835. The lowest BCUT2D eigenvalue weighted by Gasteiger charge is -2.35. The van der Waals surface area contributed by atoms with Gasteiger partial charge in [-0.05, 0) is 30.9 Å². The van der Waals surface area contributed by atoms with Crippen molar-refractivity contribution >= 4 is 17.5 Å². The molecule has 156 valence electrons. The summed E-state index contributed by atoms with van der Waals surface area (Å²) in [5.41, 5.74) is 0.503. The number of rotatable bonds is 4. The molecule has 2 aromatic rings. The van der Waals surface area contributed by atoms with Gasteiger partial charge in [-0.25, -0.2) is 0 Å². The number of piperazine rings is 1. The van der Waals surface area contributed by atoms with Crippen LogP contribution in [-0.2, 0) is 7.05 Å². The van der Waals surface area contributed by atoms with Crippen molar-refractivity contribution in [2.75, 3.05) is 56.2 Å². The van der Waals surface area contributed by atoms with Crippen molar-refractivity contribution in [1.82, 2.24) is 24.9 Å². The summed E-state index contributed by atoms with van der Waals surface area (Å²) in [4.78, 5) is 19.2. The van der Waals surface area contributed by atoms with E-state index in [0.29, 0.717) is 24.5 Å². The SMILES string of the molecule is COc1nn(C)cc1C(=O)N1CCN(c2ccc(N3CCC(C)CC3)nn2)CC1. The number of hydrogen-bond acceptors (Lipinski definition) is 7. The Kier molecular flexibility index (Phi) is 5.55. The molecule has 2 aliphatic heterocycles. The summed E-state index contributed by atoms with van der Waals surface area (Å²) < 4.78 is 6.82. The topological polar surface area (TPSA) is 79.6 Å². The predicted octanol–water partition coefficient (Wildman–Crippen LogP) is 1.42. The molecule has 0 unspecified atom stereocenters. The lowest BCUT2D eigenvalue weighted by atomic mass is 9.99. The van der Waals surface area contributed by atoms with Crippen LogP contribution in [0, 0.1) is 5.92 Å². The van der Waals surface area contributed by atoms with Gasteiger partial charge in [0.2, 0.25) is 5.88 Å². The molecule has 1 amide bonds. The molecule has 29 heavy (non-hydrogen) atoms. The second-order valence-electron chi connectivity index (χ2n) is 7.92. The fourth-order valence-corrected chi connectivity index (χ4v) is 3.97. The maximum absolute atomic E-state index is 12.8. The fraction of sp³-hybridized carbons (Fsp3) is 0.600. The number of carbonyl (C=O) groups excluding carboxylic acids is 1. The van der Waals surface area contributed by atoms with Gasteiger partial charge in [-0.15, -0.1) is 15.3 Å². The van der Waals surface area contributed by atoms with Gasteiger partial charge in [0.05, 0.1) is 7.11 Å². The maximum atomic E-state index is 12.8. The second-order valence-corrected chi connectivity index (χ2v) is 7.92. The van der Waals surface area contributed by atoms with E-state index in [4.69, 9.17) is 4.74 Å². The van der Waals surface area contributed by atoms with Crippen molar-refractivity contribution in [2.45, 2.75) is 19.8 Å². The van der Waals surface area contributed by atoms with E-state index in [0.717, 1.165) is 43.7 Å². The van der Waals surface area contributed by atoms with E-state index in [1.165, 1.54) is 20.0 Å². The molecule has 2 aromatic heterocycles. The Morgan fingerprint density at radius 2 is 1.59 bits per heavy atom. The summed E-state index contributed by atoms with van der Waals surface area (Å²) in [7, 11) is 3.31. The number of ether oxygens (including phenoxy) is 1. The third kappa shape index (κ3) is 4.13. The molecule has 9 heteroatoms. The first kappa shape index (κ1) is 19.5. The van der Waals surface area contributed by atoms with Gasteiger partial charge in [0.25, 0.3) is 5.91 Å². The van der Waals surface area contributed by atoms with E-state index in [9.17, 15) is 4.79 Å². The third-order valence-corrected chi connectivity index (χ3v) is 5.85. The van der Waals surface area contributed by atoms with E-state index in [-0.39, 0.29) is 5.91 Å². The Labute approximate surface area is 171 Å². The zero-order valence-electron chi connectivity index (χ0n) is 17.4. The molecular formula is C20H29N7O2. The van der Waals surface area contributed by atoms with Crippen molar-refractivity contribution in [3.05, 3.63) is 23.9 Å². The van der Waals surface area contributed by atoms with Gasteiger partial charge in [0.1, 0.15) is 5.56 Å². The van der Waals surface area contributed by atoms with Crippen molar-refractivity contribution in [3.8, 4) is 5.88 Å². The first-order valence-corrected chi connectivity index (χ1v) is 10.3. The molecule has 0 atom stereocenters. The summed E-state index contributed by atoms with van der Waals surface area (Å²) in [6.45, 7) is 7.12. The minimum absolute atomic E-state index is 0.0460. The molecule has 0 radical (unpaired) electrons. The normalized spacial score (nSPS) is 18.2. The molecular weight excluding hydrogens is 370 g/mol. The molecule has 4 rings (SSSR count). The van der Waals surface area contributed by atoms with E-state index in [1.807, 2.05) is 11.0 Å². The van der Waals surface area contributed by atoms with Gasteiger partial charge < -0.3 is 19.4 Å². The van der Waals surface area contributed by atoms with Crippen molar-refractivity contribution in [2.24, 2.45) is 13.0 Å². The van der Waals surface area contributed by atoms with Crippen LogP contribution in [0.25, 0.3) is 0 Å². The number of methoxy groups -OCH3 is 1. The van der Waals surface area contributed by atoms with Gasteiger partial charge in [-0.1, -0.05) is 6.92 Å². The predicted molar refractivity (Wildman–Crippen MR) is 111 cm³/mol. The van der Waals surface area contributed by atoms with Gasteiger partial charge in [0, 0.05) is 52.5 Å². The summed E-state index contributed by atoms with van der Waals surface area (Å²) in [5.74, 6) is 2.94. The van der Waals surface area contributed by atoms with Gasteiger partial charge >= 0.3 is 0 Å². The lowest BCUT2D eigenvalue weighted by Crippen LogP contribution is -2.49. The molecule has 4 heterocycles. The summed E-state index contributed by atoms with van der Waals surface area (Å²) >= 11 is 0. The zero-order valence-corrected chi connectivity index (χ0v) is 17.4. The summed E-state index contributed by atoms with van der Waals surface area (Å²) in [6, 6.07) is 4.11. The number of aryl methyl sites for hydroxylation is 1. The highest BCUT2D eigenvalue weighted by Gasteiger charge is 2.27. The molecule has 0 aliphatic carbocycles. The highest BCUT2D eigenvalue weighted by Crippen LogP contribution is 2.23. The Morgan fingerprint density at radius 1 is 1.00 bits per heavy atom. The van der Waals surface area contributed by atoms with Crippen LogP contribution in [0.3, 0.4) is 0 Å². The molecule has 2 fully saturated rings. The van der Waals surface area contributed by atoms with E-state index >= 15 is 0 Å². The molecule has 0 aromatic carbocycles. The smallest absolute Gasteiger partial charge is 0.261 e. The zero-order chi connectivity index (χ0) is 20.4. The minimum atomic E-state index is -0.0460. The van der Waals surface area contributed by atoms with E-state index in [1.54, 1.807) is 17.9 Å². The Morgan fingerprint density at radius 3 is 2.14 bits per heavy atom. The number of anilines is 2. The first-order chi connectivity index (χ1) is 14.0. The maximum Gasteiger partial charge on any atom is 0.261 e. The number of carbonyl (C=O) groups is 1. The van der Waals surface area contributed by atoms with Crippen molar-refractivity contribution in [1.29, 1.82) is 0 Å².